The number of fused-ring (bicyclic) bond motifs is 2. The van der Waals surface area contributed by atoms with Gasteiger partial charge in [-0.3, -0.25) is 14.5 Å². The van der Waals surface area contributed by atoms with E-state index in [4.69, 9.17) is 18.9 Å². The lowest BCUT2D eigenvalue weighted by Crippen LogP contribution is -2.29. The Hall–Kier alpha value is -4.83. The number of ether oxygens (including phenoxy) is 4. The van der Waals surface area contributed by atoms with Crippen molar-refractivity contribution < 1.29 is 33.6 Å². The molecule has 10 heteroatoms. The Morgan fingerprint density at radius 1 is 1.10 bits per heavy atom. The zero-order valence-corrected chi connectivity index (χ0v) is 22.3. The second kappa shape index (κ2) is 10.4. The number of Topliss-reactive ketones (excluding diaryl/α,β-unsaturated/α-hetero) is 1. The second-order valence-corrected chi connectivity index (χ2v) is 10.0. The van der Waals surface area contributed by atoms with Gasteiger partial charge in [-0.2, -0.15) is 0 Å². The van der Waals surface area contributed by atoms with Crippen LogP contribution in [-0.2, 0) is 9.59 Å². The molecule has 4 aromatic rings. The first-order chi connectivity index (χ1) is 19.5. The largest absolute Gasteiger partial charge is 0.507 e. The number of hydrogen-bond donors (Lipinski definition) is 1. The molecule has 1 amide bonds. The lowest BCUT2D eigenvalue weighted by molar-refractivity contribution is -0.132. The van der Waals surface area contributed by atoms with Crippen molar-refractivity contribution in [1.29, 1.82) is 0 Å². The number of hydrogen-bond acceptors (Lipinski definition) is 9. The smallest absolute Gasteiger partial charge is 0.301 e. The van der Waals surface area contributed by atoms with Crippen LogP contribution in [0.4, 0.5) is 5.13 Å². The highest BCUT2D eigenvalue weighted by Gasteiger charge is 2.48. The zero-order valence-electron chi connectivity index (χ0n) is 21.5. The number of thiazole rings is 1. The minimum atomic E-state index is -0.970. The van der Waals surface area contributed by atoms with Crippen LogP contribution in [0.2, 0.25) is 0 Å². The third kappa shape index (κ3) is 4.42. The first-order valence-electron chi connectivity index (χ1n) is 12.5. The second-order valence-electron chi connectivity index (χ2n) is 9.03. The van der Waals surface area contributed by atoms with Gasteiger partial charge in [0.2, 0.25) is 0 Å². The highest BCUT2D eigenvalue weighted by atomic mass is 32.1. The number of methoxy groups -OCH3 is 1. The molecule has 3 aromatic carbocycles. The molecule has 0 radical (unpaired) electrons. The van der Waals surface area contributed by atoms with Crippen LogP contribution < -0.4 is 23.8 Å². The first kappa shape index (κ1) is 25.4. The lowest BCUT2D eigenvalue weighted by Gasteiger charge is -2.23. The summed E-state index contributed by atoms with van der Waals surface area (Å²) < 4.78 is 23.1. The normalized spacial score (nSPS) is 17.7. The molecule has 3 heterocycles. The Labute approximate surface area is 233 Å². The van der Waals surface area contributed by atoms with E-state index >= 15 is 0 Å². The summed E-state index contributed by atoms with van der Waals surface area (Å²) in [6, 6.07) is 16.4. The van der Waals surface area contributed by atoms with E-state index in [1.54, 1.807) is 67.8 Å². The van der Waals surface area contributed by atoms with Crippen LogP contribution in [0, 0.1) is 0 Å². The van der Waals surface area contributed by atoms with Gasteiger partial charge in [-0.15, -0.1) is 0 Å². The van der Waals surface area contributed by atoms with E-state index in [1.165, 1.54) is 16.2 Å². The Kier molecular flexibility index (Phi) is 6.61. The van der Waals surface area contributed by atoms with Crippen LogP contribution in [0.15, 0.2) is 78.9 Å². The van der Waals surface area contributed by atoms with Gasteiger partial charge >= 0.3 is 5.91 Å². The van der Waals surface area contributed by atoms with Gasteiger partial charge in [0.25, 0.3) is 5.78 Å². The summed E-state index contributed by atoms with van der Waals surface area (Å²) in [5.74, 6) is 0.198. The summed E-state index contributed by atoms with van der Waals surface area (Å²) in [5, 5.41) is 11.8. The summed E-state index contributed by atoms with van der Waals surface area (Å²) in [6.45, 7) is 4.74. The number of aliphatic hydroxyl groups excluding tert-OH is 1. The summed E-state index contributed by atoms with van der Waals surface area (Å²) in [5.41, 5.74) is 1.47. The van der Waals surface area contributed by atoms with E-state index in [-0.39, 0.29) is 17.9 Å². The molecule has 1 aromatic heterocycles. The van der Waals surface area contributed by atoms with Gasteiger partial charge in [-0.1, -0.05) is 36.1 Å². The molecule has 1 fully saturated rings. The average molecular weight is 557 g/mol. The molecule has 1 N–H and O–H groups in total. The van der Waals surface area contributed by atoms with Gasteiger partial charge in [0.1, 0.15) is 37.1 Å². The third-order valence-corrected chi connectivity index (χ3v) is 7.61. The molecule has 1 atom stereocenters. The van der Waals surface area contributed by atoms with Crippen molar-refractivity contribution in [2.24, 2.45) is 0 Å². The van der Waals surface area contributed by atoms with Gasteiger partial charge in [-0.05, 0) is 54.1 Å². The molecule has 40 heavy (non-hydrogen) atoms. The predicted octanol–water partition coefficient (Wildman–Crippen LogP) is 5.27. The fourth-order valence-electron chi connectivity index (χ4n) is 4.74. The highest BCUT2D eigenvalue weighted by molar-refractivity contribution is 7.22. The van der Waals surface area contributed by atoms with Gasteiger partial charge in [0.15, 0.2) is 16.6 Å². The summed E-state index contributed by atoms with van der Waals surface area (Å²) in [7, 11) is 1.57. The van der Waals surface area contributed by atoms with Crippen LogP contribution >= 0.6 is 11.3 Å². The van der Waals surface area contributed by atoms with Gasteiger partial charge in [0.05, 0.1) is 28.9 Å². The van der Waals surface area contributed by atoms with Crippen molar-refractivity contribution in [3.8, 4) is 23.0 Å². The average Bonchev–Trinajstić information content (AvgIpc) is 3.52. The van der Waals surface area contributed by atoms with E-state index in [9.17, 15) is 14.7 Å². The molecular formula is C30H24N2O7S. The van der Waals surface area contributed by atoms with E-state index < -0.39 is 17.7 Å². The topological polar surface area (TPSA) is 107 Å². The number of carbonyl (C=O) groups excluding carboxylic acids is 2. The summed E-state index contributed by atoms with van der Waals surface area (Å²) in [6.07, 6.45) is 1.62. The monoisotopic (exact) mass is 556 g/mol. The van der Waals surface area contributed by atoms with Crippen molar-refractivity contribution in [3.63, 3.8) is 0 Å². The molecule has 6 rings (SSSR count). The molecule has 1 unspecified atom stereocenters. The standard InChI is InChI=1S/C30H24N2O7S/c1-3-11-37-20-6-4-5-17(14-20)26-25(27(33)18-7-10-22-23(15-18)39-13-12-38-22)28(34)29(35)32(26)30-31-21-9-8-19(36-2)16-24(21)40-30/h3-10,14-16,26,33H,1,11-13H2,2H3/b27-25+. The lowest BCUT2D eigenvalue weighted by atomic mass is 9.95. The fraction of sp³-hybridized carbons (Fsp3) is 0.167. The maximum absolute atomic E-state index is 13.6. The van der Waals surface area contributed by atoms with Crippen molar-refractivity contribution in [2.45, 2.75) is 6.04 Å². The number of aliphatic hydroxyl groups is 1. The maximum Gasteiger partial charge on any atom is 0.301 e. The van der Waals surface area contributed by atoms with Crippen molar-refractivity contribution in [1.82, 2.24) is 4.98 Å². The molecular weight excluding hydrogens is 532 g/mol. The van der Waals surface area contributed by atoms with Gasteiger partial charge in [0, 0.05) is 5.56 Å². The predicted molar refractivity (Wildman–Crippen MR) is 151 cm³/mol. The number of aromatic nitrogens is 1. The van der Waals surface area contributed by atoms with Crippen LogP contribution in [0.3, 0.4) is 0 Å². The summed E-state index contributed by atoms with van der Waals surface area (Å²) >= 11 is 1.25. The first-order valence-corrected chi connectivity index (χ1v) is 13.3. The van der Waals surface area contributed by atoms with Crippen molar-refractivity contribution in [3.05, 3.63) is 90.0 Å². The minimum absolute atomic E-state index is 0.0700. The Morgan fingerprint density at radius 2 is 1.93 bits per heavy atom. The summed E-state index contributed by atoms with van der Waals surface area (Å²) in [4.78, 5) is 33.2. The van der Waals surface area contributed by atoms with Gasteiger partial charge in [-0.25, -0.2) is 4.98 Å². The molecule has 0 spiro atoms. The molecule has 2 aliphatic rings. The van der Waals surface area contributed by atoms with E-state index in [2.05, 4.69) is 11.6 Å². The molecule has 2 aliphatic heterocycles. The number of carbonyl (C=O) groups is 2. The van der Waals surface area contributed by atoms with Gasteiger partial charge < -0.3 is 24.1 Å². The highest BCUT2D eigenvalue weighted by Crippen LogP contribution is 2.45. The maximum atomic E-state index is 13.6. The third-order valence-electron chi connectivity index (χ3n) is 6.59. The quantitative estimate of drug-likeness (QED) is 0.142. The molecule has 0 bridgehead atoms. The van der Waals surface area contributed by atoms with E-state index in [0.29, 0.717) is 58.0 Å². The molecule has 202 valence electrons. The fourth-order valence-corrected chi connectivity index (χ4v) is 5.76. The zero-order chi connectivity index (χ0) is 27.8. The Bertz CT molecular complexity index is 1690. The number of benzene rings is 3. The number of amides is 1. The Balaban J connectivity index is 1.52. The van der Waals surface area contributed by atoms with Crippen molar-refractivity contribution >= 4 is 44.1 Å². The number of nitrogens with zero attached hydrogens (tertiary/aromatic N) is 2. The van der Waals surface area contributed by atoms with Crippen LogP contribution in [0.1, 0.15) is 17.2 Å². The number of ketones is 1. The number of anilines is 1. The molecule has 9 nitrogen and oxygen atoms in total. The number of rotatable bonds is 7. The van der Waals surface area contributed by atoms with Crippen LogP contribution in [0.5, 0.6) is 23.0 Å². The van der Waals surface area contributed by atoms with E-state index in [1.807, 2.05) is 6.07 Å². The molecule has 0 aliphatic carbocycles. The SMILES string of the molecule is C=CCOc1cccc(C2/C(=C(\O)c3ccc4c(c3)OCCO4)C(=O)C(=O)N2c2nc3ccc(OC)cc3s2)c1. The van der Waals surface area contributed by atoms with E-state index in [0.717, 1.165) is 4.70 Å². The molecule has 0 saturated carbocycles. The van der Waals surface area contributed by atoms with Crippen LogP contribution in [0.25, 0.3) is 16.0 Å². The van der Waals surface area contributed by atoms with Crippen LogP contribution in [-0.4, -0.2) is 48.7 Å². The van der Waals surface area contributed by atoms with Crippen molar-refractivity contribution in [2.75, 3.05) is 31.8 Å². The minimum Gasteiger partial charge on any atom is -0.507 e. The molecule has 1 saturated heterocycles. The Morgan fingerprint density at radius 3 is 2.73 bits per heavy atom.